The van der Waals surface area contributed by atoms with Crippen LogP contribution in [0.15, 0.2) is 25.3 Å². The summed E-state index contributed by atoms with van der Waals surface area (Å²) in [6.45, 7) is 9.61. The summed E-state index contributed by atoms with van der Waals surface area (Å²) < 4.78 is 5.15. The van der Waals surface area contributed by atoms with Gasteiger partial charge in [0.15, 0.2) is 0 Å². The smallest absolute Gasteiger partial charge is 0.114 e. The van der Waals surface area contributed by atoms with Gasteiger partial charge in [0.05, 0.1) is 0 Å². The lowest BCUT2D eigenvalue weighted by molar-refractivity contribution is 0.175. The molecule has 0 aromatic rings. The molecule has 0 atom stereocenters. The first-order chi connectivity index (χ1) is 5.35. The Balaban J connectivity index is 3.49. The van der Waals surface area contributed by atoms with Gasteiger partial charge in [-0.3, -0.25) is 4.90 Å². The fraction of sp³-hybridized carbons (Fsp3) is 0.500. The van der Waals surface area contributed by atoms with Gasteiger partial charge in [-0.2, -0.15) is 0 Å². The lowest BCUT2D eigenvalue weighted by Gasteiger charge is -2.16. The lowest BCUT2D eigenvalue weighted by Crippen LogP contribution is -2.25. The van der Waals surface area contributed by atoms with Crippen molar-refractivity contribution in [3.05, 3.63) is 25.3 Å². The Morgan fingerprint density at radius 2 is 1.91 bits per heavy atom. The maximum atomic E-state index is 5.15. The van der Waals surface area contributed by atoms with Crippen LogP contribution in [0.1, 0.15) is 0 Å². The maximum absolute atomic E-state index is 5.15. The SMILES string of the molecule is C=CCN(CC=C)COSC. The number of rotatable bonds is 7. The van der Waals surface area contributed by atoms with Gasteiger partial charge >= 0.3 is 0 Å². The van der Waals surface area contributed by atoms with Gasteiger partial charge in [-0.25, -0.2) is 0 Å². The quantitative estimate of drug-likeness (QED) is 0.331. The average Bonchev–Trinajstić information content (AvgIpc) is 2.01. The summed E-state index contributed by atoms with van der Waals surface area (Å²) in [6.07, 6.45) is 5.61. The first-order valence-electron chi connectivity index (χ1n) is 3.45. The van der Waals surface area contributed by atoms with Crippen LogP contribution >= 0.6 is 12.0 Å². The molecular weight excluding hydrogens is 158 g/mol. The molecule has 0 bridgehead atoms. The molecule has 0 saturated carbocycles. The lowest BCUT2D eigenvalue weighted by atomic mass is 10.5. The molecule has 0 fully saturated rings. The molecule has 0 unspecified atom stereocenters. The molecule has 0 aliphatic rings. The largest absolute Gasteiger partial charge is 0.300 e. The number of nitrogens with zero attached hydrogens (tertiary/aromatic N) is 1. The summed E-state index contributed by atoms with van der Waals surface area (Å²) in [4.78, 5) is 2.09. The van der Waals surface area contributed by atoms with E-state index in [1.54, 1.807) is 0 Å². The van der Waals surface area contributed by atoms with Crippen molar-refractivity contribution in [3.8, 4) is 0 Å². The van der Waals surface area contributed by atoms with Gasteiger partial charge in [0, 0.05) is 19.3 Å². The minimum atomic E-state index is 0.624. The molecule has 0 amide bonds. The van der Waals surface area contributed by atoms with Crippen molar-refractivity contribution < 1.29 is 4.18 Å². The molecule has 0 saturated heterocycles. The van der Waals surface area contributed by atoms with E-state index in [9.17, 15) is 0 Å². The molecular formula is C8H15NOS. The molecule has 0 aliphatic heterocycles. The molecule has 0 aromatic carbocycles. The van der Waals surface area contributed by atoms with Crippen molar-refractivity contribution in [3.63, 3.8) is 0 Å². The highest BCUT2D eigenvalue weighted by Crippen LogP contribution is 1.97. The second-order valence-electron chi connectivity index (χ2n) is 2.03. The fourth-order valence-corrected chi connectivity index (χ4v) is 0.927. The highest BCUT2D eigenvalue weighted by molar-refractivity contribution is 7.93. The molecule has 0 aliphatic carbocycles. The van der Waals surface area contributed by atoms with Crippen LogP contribution in [0.3, 0.4) is 0 Å². The van der Waals surface area contributed by atoms with E-state index >= 15 is 0 Å². The third-order valence-corrected chi connectivity index (χ3v) is 1.47. The van der Waals surface area contributed by atoms with Crippen LogP contribution < -0.4 is 0 Å². The normalized spacial score (nSPS) is 10.0. The standard InChI is InChI=1S/C8H15NOS/c1-4-6-9(7-5-2)8-10-11-3/h4-5H,1-2,6-8H2,3H3. The Labute approximate surface area is 73.1 Å². The summed E-state index contributed by atoms with van der Waals surface area (Å²) in [7, 11) is 0. The summed E-state index contributed by atoms with van der Waals surface area (Å²) in [5, 5.41) is 0. The van der Waals surface area contributed by atoms with Crippen LogP contribution in [0.5, 0.6) is 0 Å². The second kappa shape index (κ2) is 7.85. The fourth-order valence-electron chi connectivity index (χ4n) is 0.672. The summed E-state index contributed by atoms with van der Waals surface area (Å²) in [5.41, 5.74) is 0. The highest BCUT2D eigenvalue weighted by atomic mass is 32.2. The molecule has 0 radical (unpaired) electrons. The molecule has 0 spiro atoms. The maximum Gasteiger partial charge on any atom is 0.114 e. The Morgan fingerprint density at radius 1 is 1.36 bits per heavy atom. The Morgan fingerprint density at radius 3 is 2.27 bits per heavy atom. The van der Waals surface area contributed by atoms with Crippen LogP contribution in [0.4, 0.5) is 0 Å². The van der Waals surface area contributed by atoms with Gasteiger partial charge in [-0.15, -0.1) is 13.2 Å². The molecule has 0 aromatic heterocycles. The summed E-state index contributed by atoms with van der Waals surface area (Å²) in [5.74, 6) is 0. The van der Waals surface area contributed by atoms with E-state index in [0.29, 0.717) is 6.73 Å². The number of hydrogen-bond donors (Lipinski definition) is 0. The van der Waals surface area contributed by atoms with Gasteiger partial charge in [0.1, 0.15) is 6.73 Å². The predicted molar refractivity (Wildman–Crippen MR) is 51.4 cm³/mol. The van der Waals surface area contributed by atoms with E-state index in [0.717, 1.165) is 13.1 Å². The minimum absolute atomic E-state index is 0.624. The molecule has 0 rings (SSSR count). The van der Waals surface area contributed by atoms with E-state index in [-0.39, 0.29) is 0 Å². The van der Waals surface area contributed by atoms with Crippen LogP contribution in [0.2, 0.25) is 0 Å². The van der Waals surface area contributed by atoms with Crippen molar-refractivity contribution in [1.82, 2.24) is 4.90 Å². The van der Waals surface area contributed by atoms with Crippen LogP contribution in [-0.4, -0.2) is 31.0 Å². The zero-order valence-corrected chi connectivity index (χ0v) is 7.77. The topological polar surface area (TPSA) is 12.5 Å². The Kier molecular flexibility index (Phi) is 7.67. The molecule has 0 N–H and O–H groups in total. The molecule has 2 nitrogen and oxygen atoms in total. The van der Waals surface area contributed by atoms with Crippen molar-refractivity contribution in [2.75, 3.05) is 26.1 Å². The Hall–Kier alpha value is -0.250. The van der Waals surface area contributed by atoms with Crippen LogP contribution in [-0.2, 0) is 4.18 Å². The average molecular weight is 173 g/mol. The van der Waals surface area contributed by atoms with Crippen LogP contribution in [0, 0.1) is 0 Å². The summed E-state index contributed by atoms with van der Waals surface area (Å²) >= 11 is 1.37. The molecule has 3 heteroatoms. The third-order valence-electron chi connectivity index (χ3n) is 1.13. The van der Waals surface area contributed by atoms with Gasteiger partial charge in [-0.1, -0.05) is 12.2 Å². The minimum Gasteiger partial charge on any atom is -0.300 e. The van der Waals surface area contributed by atoms with Crippen molar-refractivity contribution in [1.29, 1.82) is 0 Å². The van der Waals surface area contributed by atoms with Gasteiger partial charge in [-0.05, 0) is 12.0 Å². The van der Waals surface area contributed by atoms with E-state index in [2.05, 4.69) is 18.1 Å². The second-order valence-corrected chi connectivity index (χ2v) is 2.60. The zero-order chi connectivity index (χ0) is 8.53. The van der Waals surface area contributed by atoms with E-state index in [1.807, 2.05) is 18.4 Å². The monoisotopic (exact) mass is 173 g/mol. The van der Waals surface area contributed by atoms with E-state index in [4.69, 9.17) is 4.18 Å². The van der Waals surface area contributed by atoms with Gasteiger partial charge in [0.2, 0.25) is 0 Å². The first kappa shape index (κ1) is 10.8. The first-order valence-corrected chi connectivity index (χ1v) is 4.60. The van der Waals surface area contributed by atoms with Gasteiger partial charge < -0.3 is 4.18 Å². The van der Waals surface area contributed by atoms with E-state index in [1.165, 1.54) is 12.0 Å². The summed E-state index contributed by atoms with van der Waals surface area (Å²) in [6, 6.07) is 0. The van der Waals surface area contributed by atoms with E-state index < -0.39 is 0 Å². The Bertz CT molecular complexity index is 107. The van der Waals surface area contributed by atoms with Crippen molar-refractivity contribution in [2.45, 2.75) is 0 Å². The molecule has 0 heterocycles. The van der Waals surface area contributed by atoms with Gasteiger partial charge in [0.25, 0.3) is 0 Å². The number of hydrogen-bond acceptors (Lipinski definition) is 3. The predicted octanol–water partition coefficient (Wildman–Crippen LogP) is 1.91. The third kappa shape index (κ3) is 6.16. The zero-order valence-electron chi connectivity index (χ0n) is 6.95. The molecule has 11 heavy (non-hydrogen) atoms. The van der Waals surface area contributed by atoms with Crippen LogP contribution in [0.25, 0.3) is 0 Å². The highest BCUT2D eigenvalue weighted by Gasteiger charge is 1.98. The molecule has 64 valence electrons. The van der Waals surface area contributed by atoms with Crippen molar-refractivity contribution >= 4 is 12.0 Å². The van der Waals surface area contributed by atoms with Crippen molar-refractivity contribution in [2.24, 2.45) is 0 Å².